The lowest BCUT2D eigenvalue weighted by Gasteiger charge is -2.34. The summed E-state index contributed by atoms with van der Waals surface area (Å²) in [5, 5.41) is 12.8. The number of carbonyl (C=O) groups is 6. The summed E-state index contributed by atoms with van der Waals surface area (Å²) in [5.74, 6) is 12.8. The van der Waals surface area contributed by atoms with E-state index in [4.69, 9.17) is 127 Å². The molecule has 6 saturated heterocycles. The van der Waals surface area contributed by atoms with Gasteiger partial charge in [0, 0.05) is 213 Å². The Labute approximate surface area is 869 Å². The Morgan fingerprint density at radius 3 is 0.931 bits per heavy atom. The van der Waals surface area contributed by atoms with Crippen molar-refractivity contribution in [1.29, 1.82) is 0 Å². The van der Waals surface area contributed by atoms with Crippen molar-refractivity contribution >= 4 is 156 Å². The van der Waals surface area contributed by atoms with Gasteiger partial charge in [0.1, 0.15) is 51.4 Å². The maximum atomic E-state index is 14.4. The van der Waals surface area contributed by atoms with Crippen molar-refractivity contribution in [2.45, 2.75) is 103 Å². The van der Waals surface area contributed by atoms with Crippen molar-refractivity contribution < 1.29 is 71.4 Å². The Bertz CT molecular complexity index is 6590. The molecule has 6 fully saturated rings. The van der Waals surface area contributed by atoms with E-state index < -0.39 is 0 Å². The van der Waals surface area contributed by atoms with Crippen LogP contribution in [0.5, 0.6) is 34.5 Å². The van der Waals surface area contributed by atoms with Crippen LogP contribution < -0.4 is 61.0 Å². The highest BCUT2D eigenvalue weighted by Crippen LogP contribution is 2.49. The van der Waals surface area contributed by atoms with Crippen molar-refractivity contribution in [2.75, 3.05) is 196 Å². The number of nitrogens with zero attached hydrogens (tertiary/aromatic N) is 15. The zero-order valence-corrected chi connectivity index (χ0v) is 86.8. The first-order chi connectivity index (χ1) is 70.0. The molecule has 3 N–H and O–H groups in total. The van der Waals surface area contributed by atoms with Gasteiger partial charge in [0.25, 0.3) is 28.5 Å². The number of anilines is 3. The molecule has 3 aromatic carbocycles. The van der Waals surface area contributed by atoms with Gasteiger partial charge in [0.05, 0.1) is 127 Å². The molecule has 12 heterocycles. The molecule has 36 nitrogen and oxygen atoms in total. The largest absolute Gasteiger partial charge is 0.495 e. The summed E-state index contributed by atoms with van der Waals surface area (Å²) in [6.07, 6.45) is 14.7. The molecular formula is C103H118Cl6N18O18. The van der Waals surface area contributed by atoms with Gasteiger partial charge in [-0.2, -0.15) is 15.0 Å². The maximum absolute atomic E-state index is 14.4. The van der Waals surface area contributed by atoms with Crippen molar-refractivity contribution in [3.8, 4) is 91.6 Å². The third kappa shape index (κ3) is 26.6. The second-order valence-electron chi connectivity index (χ2n) is 35.2. The molecule has 3 amide bonds. The highest BCUT2D eigenvalue weighted by Gasteiger charge is 2.36. The topological polar surface area (TPSA) is 384 Å². The van der Waals surface area contributed by atoms with Crippen LogP contribution in [0, 0.1) is 41.4 Å². The number of nitrogens with one attached hydrogen (secondary N) is 3. The van der Waals surface area contributed by atoms with Crippen LogP contribution in [0.15, 0.2) is 120 Å². The van der Waals surface area contributed by atoms with Gasteiger partial charge in [-0.15, -0.1) is 0 Å². The zero-order chi connectivity index (χ0) is 104. The molecule has 9 aromatic rings. The first kappa shape index (κ1) is 110. The molecule has 6 aliphatic rings. The average molecular weight is 2110 g/mol. The fraction of sp³-hybridized carbons (Fsp3) is 0.447. The third-order valence-corrected chi connectivity index (χ3v) is 28.8. The summed E-state index contributed by atoms with van der Waals surface area (Å²) in [7, 11) is 8.83. The van der Waals surface area contributed by atoms with Gasteiger partial charge in [-0.25, -0.2) is 15.0 Å². The van der Waals surface area contributed by atoms with Crippen LogP contribution >= 0.6 is 69.6 Å². The Morgan fingerprint density at radius 1 is 0.386 bits per heavy atom. The van der Waals surface area contributed by atoms with Crippen molar-refractivity contribution in [1.82, 2.24) is 73.0 Å². The summed E-state index contributed by atoms with van der Waals surface area (Å²) < 4.78 is 54.7. The van der Waals surface area contributed by atoms with Gasteiger partial charge < -0.3 is 73.3 Å². The number of hydrogen-bond donors (Lipinski definition) is 3. The first-order valence-electron chi connectivity index (χ1n) is 47.6. The monoisotopic (exact) mass is 2100 g/mol. The van der Waals surface area contributed by atoms with Crippen LogP contribution in [0.1, 0.15) is 65.2 Å². The number of aryl methyl sites for hydroxylation is 2. The molecule has 0 saturated carbocycles. The number of carbonyl (C=O) groups excluding carboxylic acids is 6. The molecule has 0 radical (unpaired) electrons. The molecule has 6 unspecified atom stereocenters. The molecule has 145 heavy (non-hydrogen) atoms. The van der Waals surface area contributed by atoms with Crippen molar-refractivity contribution in [3.63, 3.8) is 0 Å². The molecule has 6 aliphatic heterocycles. The van der Waals surface area contributed by atoms with Crippen LogP contribution in [0.3, 0.4) is 0 Å². The number of aromatic nitrogens is 9. The number of rotatable bonds is 36. The van der Waals surface area contributed by atoms with Crippen molar-refractivity contribution in [2.24, 2.45) is 17.8 Å². The zero-order valence-electron chi connectivity index (χ0n) is 82.2. The van der Waals surface area contributed by atoms with Gasteiger partial charge in [-0.05, 0) is 131 Å². The Kier molecular flexibility index (Phi) is 39.6. The number of halogens is 6. The van der Waals surface area contributed by atoms with Crippen LogP contribution in [-0.2, 0) is 62.6 Å². The number of ether oxygens (including phenoxy) is 9. The Hall–Kier alpha value is -12.3. The summed E-state index contributed by atoms with van der Waals surface area (Å²) >= 11 is 40.6. The minimum atomic E-state index is -0.367. The van der Waals surface area contributed by atoms with E-state index in [2.05, 4.69) is 95.6 Å². The fourth-order valence-electron chi connectivity index (χ4n) is 18.5. The second kappa shape index (κ2) is 52.2. The number of methoxy groups -OCH3 is 6. The molecule has 42 heteroatoms. The number of ketones is 3. The van der Waals surface area contributed by atoms with Crippen LogP contribution in [0.2, 0.25) is 30.1 Å². The predicted molar refractivity (Wildman–Crippen MR) is 561 cm³/mol. The van der Waals surface area contributed by atoms with E-state index in [9.17, 15) is 43.2 Å². The fourth-order valence-corrected chi connectivity index (χ4v) is 20.6. The highest BCUT2D eigenvalue weighted by atomic mass is 35.5. The quantitative estimate of drug-likeness (QED) is 0.0242. The van der Waals surface area contributed by atoms with Gasteiger partial charge >= 0.3 is 0 Å². The number of fused-ring (bicyclic) bond motifs is 3. The molecule has 770 valence electrons. The van der Waals surface area contributed by atoms with Gasteiger partial charge in [0.15, 0.2) is 17.3 Å². The highest BCUT2D eigenvalue weighted by molar-refractivity contribution is 6.43. The minimum Gasteiger partial charge on any atom is -0.495 e. The van der Waals surface area contributed by atoms with Crippen LogP contribution in [-0.4, -0.2) is 307 Å². The standard InChI is InChI=1S/C35H40Cl2N6O6.C34H40Cl2N6O6.C34H38Cl2N6O6/c1-5-8-29(45)42-14-12-41(13-15-42)10-7-11-43-33-23(18-25(34(43)46)30-31(36)27(47-3)19-28(48-4)32(30)37)20-38-35(40-33)39-26-21-49-16-9-22(26)17-24(44)6-2;1-5-23(43)16-21-8-15-48-20-25(21)38-34-37-19-22-17-24(29-30(35)26(46-3)18-27(47-4)31(29)36)33(45)42(32(22)39-34)10-7-9-40-11-13-41(14-12-40)28(44)6-2;1-5-7-28(44)41-12-9-40(10-13-41)11-14-42-32-22(17-24(33(42)45)29-30(35)26(46-3)18-27(47-4)31(29)36)19-37-34(39-32)38-25-20-48-15-8-21(25)16-23(43)6-2/h6,18-20,22,26H,2,7,9-17,21H2,1,3-4H3,(H,38,39,40);5-6,17-19,21,25H,1-2,7-16,20H2,3-4H3,(H,37,38,39);6,17-19,21,25H,2,8-16,20H2,1,3-4H3,(H,37,38,39). The van der Waals surface area contributed by atoms with Gasteiger partial charge in [-0.3, -0.25) is 71.6 Å². The molecule has 6 atom stereocenters. The summed E-state index contributed by atoms with van der Waals surface area (Å²) in [5.41, 5.74) is 1.78. The second-order valence-corrected chi connectivity index (χ2v) is 37.4. The van der Waals surface area contributed by atoms with E-state index in [0.29, 0.717) is 275 Å². The molecule has 6 aromatic heterocycles. The normalized spacial score (nSPS) is 18.2. The predicted octanol–water partition coefficient (Wildman–Crippen LogP) is 12.7. The SMILES string of the molecule is C=CC(=O)CC1CCOCC1Nc1ncc2cc(-c3c(Cl)c(OC)cc(OC)c3Cl)c(=O)n(CCCN3CCN(C(=O)C#CC)CC3)c2n1.C=CC(=O)CC1CCOCC1Nc1ncc2cc(-c3c(Cl)c(OC)cc(OC)c3Cl)c(=O)n(CCCN3CCN(C(=O)C=C)CC3)c2n1.C=CC(=O)CC1CCOCC1Nc1ncc2cc(-c3c(Cl)c(OC)cc(OC)c3Cl)c(=O)n(CCN3CCN(C(=O)C#CC)CC3)c2n1. The summed E-state index contributed by atoms with van der Waals surface area (Å²) in [4.78, 5) is 156. The Morgan fingerprint density at radius 2 is 0.662 bits per heavy atom. The summed E-state index contributed by atoms with van der Waals surface area (Å²) in [6, 6.07) is 9.11. The van der Waals surface area contributed by atoms with E-state index in [0.717, 1.165) is 13.1 Å². The Balaban J connectivity index is 0.000000182. The summed E-state index contributed by atoms with van der Waals surface area (Å²) in [6.45, 7) is 31.0. The molecule has 15 rings (SSSR count). The van der Waals surface area contributed by atoms with E-state index >= 15 is 0 Å². The number of amides is 3. The number of benzene rings is 3. The minimum absolute atomic E-state index is 0.00861. The van der Waals surface area contributed by atoms with Crippen molar-refractivity contribution in [3.05, 3.63) is 167 Å². The maximum Gasteiger partial charge on any atom is 0.298 e. The number of hydrogen-bond acceptors (Lipinski definition) is 30. The van der Waals surface area contributed by atoms with Gasteiger partial charge in [-0.1, -0.05) is 108 Å². The van der Waals surface area contributed by atoms with E-state index in [-0.39, 0.29) is 158 Å². The lowest BCUT2D eigenvalue weighted by molar-refractivity contribution is -0.128. The molecule has 0 bridgehead atoms. The smallest absolute Gasteiger partial charge is 0.298 e. The number of pyridine rings is 3. The molecular weight excluding hydrogens is 1990 g/mol. The number of piperazine rings is 3. The van der Waals surface area contributed by atoms with E-state index in [1.165, 1.54) is 67.0 Å². The number of allylic oxidation sites excluding steroid dienone is 3. The van der Waals surface area contributed by atoms with Crippen LogP contribution in [0.25, 0.3) is 66.5 Å². The average Bonchev–Trinajstić information content (AvgIpc) is 0.756. The van der Waals surface area contributed by atoms with E-state index in [1.54, 1.807) is 97.2 Å². The van der Waals surface area contributed by atoms with E-state index in [1.807, 2.05) is 0 Å². The third-order valence-electron chi connectivity index (χ3n) is 26.5. The lowest BCUT2D eigenvalue weighted by atomic mass is 9.90. The molecule has 0 spiro atoms. The molecule has 0 aliphatic carbocycles. The first-order valence-corrected chi connectivity index (χ1v) is 49.9. The van der Waals surface area contributed by atoms with Gasteiger partial charge in [0.2, 0.25) is 23.8 Å². The lowest BCUT2D eigenvalue weighted by Crippen LogP contribution is -2.49. The van der Waals surface area contributed by atoms with Crippen LogP contribution in [0.4, 0.5) is 17.8 Å².